The van der Waals surface area contributed by atoms with E-state index >= 15 is 0 Å². The lowest BCUT2D eigenvalue weighted by atomic mass is 10.1. The average Bonchev–Trinajstić information content (AvgIpc) is 2.33. The van der Waals surface area contributed by atoms with E-state index in [0.717, 1.165) is 0 Å². The Bertz CT molecular complexity index is 479. The van der Waals surface area contributed by atoms with Gasteiger partial charge in [-0.3, -0.25) is 9.59 Å². The van der Waals surface area contributed by atoms with Crippen LogP contribution in [0.3, 0.4) is 0 Å². The predicted molar refractivity (Wildman–Crippen MR) is 78.4 cm³/mol. The number of carbonyl (C=O) groups excluding carboxylic acids is 1. The van der Waals surface area contributed by atoms with Crippen LogP contribution in [-0.4, -0.2) is 28.0 Å². The summed E-state index contributed by atoms with van der Waals surface area (Å²) in [6.45, 7) is 3.66. The van der Waals surface area contributed by atoms with Gasteiger partial charge in [0.1, 0.15) is 11.1 Å². The highest BCUT2D eigenvalue weighted by Crippen LogP contribution is 2.20. The Labute approximate surface area is 121 Å². The second kappa shape index (κ2) is 7.89. The van der Waals surface area contributed by atoms with Crippen LogP contribution in [0.2, 0.25) is 0 Å². The Balaban J connectivity index is 2.38. The molecule has 110 valence electrons. The molecule has 1 aromatic rings. The van der Waals surface area contributed by atoms with Crippen LogP contribution in [0.4, 0.5) is 10.1 Å². The molecule has 1 aromatic carbocycles. The molecule has 0 spiro atoms. The minimum atomic E-state index is -0.865. The Morgan fingerprint density at radius 3 is 2.65 bits per heavy atom. The topological polar surface area (TPSA) is 66.4 Å². The lowest BCUT2D eigenvalue weighted by Gasteiger charge is -2.15. The fourth-order valence-corrected chi connectivity index (χ4v) is 2.70. The third-order valence-corrected chi connectivity index (χ3v) is 4.13. The summed E-state index contributed by atoms with van der Waals surface area (Å²) >= 11 is 1.25. The molecule has 1 rings (SSSR count). The Morgan fingerprint density at radius 1 is 1.40 bits per heavy atom. The van der Waals surface area contributed by atoms with Crippen molar-refractivity contribution in [2.75, 3.05) is 11.1 Å². The Hall–Kier alpha value is -1.56. The standard InChI is InChI=1S/C14H18FNO3S/c1-9(2)13(14(18)19)20-7-6-12(17)16-11-5-3-4-10(15)8-11/h3-5,8-9,13H,6-7H2,1-2H3,(H,16,17)(H,18,19). The molecule has 0 aliphatic heterocycles. The number of nitrogens with one attached hydrogen (secondary N) is 1. The number of carboxylic acids is 1. The number of anilines is 1. The van der Waals surface area contributed by atoms with Gasteiger partial charge in [-0.1, -0.05) is 19.9 Å². The van der Waals surface area contributed by atoms with E-state index in [1.807, 2.05) is 13.8 Å². The van der Waals surface area contributed by atoms with Crippen LogP contribution in [-0.2, 0) is 9.59 Å². The van der Waals surface area contributed by atoms with Crippen molar-refractivity contribution in [3.63, 3.8) is 0 Å². The summed E-state index contributed by atoms with van der Waals surface area (Å²) in [5, 5.41) is 11.1. The summed E-state index contributed by atoms with van der Waals surface area (Å²) in [6.07, 6.45) is 0.192. The van der Waals surface area contributed by atoms with Gasteiger partial charge in [-0.15, -0.1) is 11.8 Å². The molecule has 1 atom stereocenters. The first-order valence-electron chi connectivity index (χ1n) is 6.30. The number of thioether (sulfide) groups is 1. The number of hydrogen-bond donors (Lipinski definition) is 2. The lowest BCUT2D eigenvalue weighted by Crippen LogP contribution is -2.23. The van der Waals surface area contributed by atoms with Gasteiger partial charge in [-0.2, -0.15) is 0 Å². The van der Waals surface area contributed by atoms with Gasteiger partial charge < -0.3 is 10.4 Å². The van der Waals surface area contributed by atoms with Crippen molar-refractivity contribution in [1.82, 2.24) is 0 Å². The molecule has 0 fully saturated rings. The molecule has 0 saturated carbocycles. The predicted octanol–water partition coefficient (Wildman–Crippen LogP) is 3.00. The number of rotatable bonds is 7. The number of benzene rings is 1. The third-order valence-electron chi connectivity index (χ3n) is 2.58. The molecule has 0 bridgehead atoms. The molecule has 0 radical (unpaired) electrons. The van der Waals surface area contributed by atoms with Crippen molar-refractivity contribution in [2.24, 2.45) is 5.92 Å². The highest BCUT2D eigenvalue weighted by atomic mass is 32.2. The van der Waals surface area contributed by atoms with E-state index in [9.17, 15) is 14.0 Å². The maximum Gasteiger partial charge on any atom is 0.316 e. The molecule has 0 aromatic heterocycles. The highest BCUT2D eigenvalue weighted by Gasteiger charge is 2.21. The van der Waals surface area contributed by atoms with Crippen molar-refractivity contribution in [1.29, 1.82) is 0 Å². The maximum atomic E-state index is 12.9. The first-order valence-corrected chi connectivity index (χ1v) is 7.35. The van der Waals surface area contributed by atoms with Gasteiger partial charge in [0.05, 0.1) is 0 Å². The molecule has 20 heavy (non-hydrogen) atoms. The zero-order chi connectivity index (χ0) is 15.1. The molecule has 0 heterocycles. The second-order valence-electron chi connectivity index (χ2n) is 4.68. The number of aliphatic carboxylic acids is 1. The number of carbonyl (C=O) groups is 2. The van der Waals surface area contributed by atoms with Crippen molar-refractivity contribution >= 4 is 29.3 Å². The van der Waals surface area contributed by atoms with Gasteiger partial charge in [-0.05, 0) is 24.1 Å². The van der Waals surface area contributed by atoms with Crippen LogP contribution in [0, 0.1) is 11.7 Å². The Morgan fingerprint density at radius 2 is 2.10 bits per heavy atom. The Kier molecular flexibility index (Phi) is 6.51. The number of amides is 1. The fourth-order valence-electron chi connectivity index (χ4n) is 1.62. The first kappa shape index (κ1) is 16.5. The molecule has 0 saturated heterocycles. The van der Waals surface area contributed by atoms with E-state index in [1.54, 1.807) is 6.07 Å². The molecular weight excluding hydrogens is 281 g/mol. The smallest absolute Gasteiger partial charge is 0.316 e. The molecule has 0 aliphatic carbocycles. The second-order valence-corrected chi connectivity index (χ2v) is 5.93. The van der Waals surface area contributed by atoms with Gasteiger partial charge in [0.15, 0.2) is 0 Å². The summed E-state index contributed by atoms with van der Waals surface area (Å²) in [5.41, 5.74) is 0.402. The largest absolute Gasteiger partial charge is 0.480 e. The van der Waals surface area contributed by atoms with Crippen molar-refractivity contribution in [2.45, 2.75) is 25.5 Å². The average molecular weight is 299 g/mol. The number of hydrogen-bond acceptors (Lipinski definition) is 3. The van der Waals surface area contributed by atoms with E-state index in [-0.39, 0.29) is 18.2 Å². The molecular formula is C14H18FNO3S. The minimum Gasteiger partial charge on any atom is -0.480 e. The summed E-state index contributed by atoms with van der Waals surface area (Å²) in [7, 11) is 0. The van der Waals surface area contributed by atoms with E-state index in [1.165, 1.54) is 30.0 Å². The van der Waals surface area contributed by atoms with Gasteiger partial charge in [0.25, 0.3) is 0 Å². The lowest BCUT2D eigenvalue weighted by molar-refractivity contribution is -0.137. The zero-order valence-corrected chi connectivity index (χ0v) is 12.2. The van der Waals surface area contributed by atoms with Gasteiger partial charge in [0, 0.05) is 17.9 Å². The van der Waals surface area contributed by atoms with Crippen LogP contribution < -0.4 is 5.32 Å². The fraction of sp³-hybridized carbons (Fsp3) is 0.429. The van der Waals surface area contributed by atoms with Crippen molar-refractivity contribution in [3.8, 4) is 0 Å². The summed E-state index contributed by atoms with van der Waals surface area (Å²) in [4.78, 5) is 22.6. The van der Waals surface area contributed by atoms with Gasteiger partial charge >= 0.3 is 5.97 Å². The van der Waals surface area contributed by atoms with Crippen molar-refractivity contribution < 1.29 is 19.1 Å². The first-order chi connectivity index (χ1) is 9.40. The molecule has 1 amide bonds. The molecule has 1 unspecified atom stereocenters. The summed E-state index contributed by atoms with van der Waals surface area (Å²) in [5.74, 6) is -1.12. The van der Waals surface area contributed by atoms with Gasteiger partial charge in [-0.25, -0.2) is 4.39 Å². The minimum absolute atomic E-state index is 0.00350. The van der Waals surface area contributed by atoms with E-state index in [0.29, 0.717) is 11.4 Å². The monoisotopic (exact) mass is 299 g/mol. The quantitative estimate of drug-likeness (QED) is 0.812. The normalized spacial score (nSPS) is 12.2. The van der Waals surface area contributed by atoms with Crippen LogP contribution >= 0.6 is 11.8 Å². The van der Waals surface area contributed by atoms with Crippen LogP contribution in [0.15, 0.2) is 24.3 Å². The van der Waals surface area contributed by atoms with Crippen LogP contribution in [0.5, 0.6) is 0 Å². The molecule has 0 aliphatic rings. The molecule has 4 nitrogen and oxygen atoms in total. The van der Waals surface area contributed by atoms with E-state index in [4.69, 9.17) is 5.11 Å². The molecule has 6 heteroatoms. The van der Waals surface area contributed by atoms with Crippen LogP contribution in [0.25, 0.3) is 0 Å². The van der Waals surface area contributed by atoms with E-state index in [2.05, 4.69) is 5.32 Å². The summed E-state index contributed by atoms with van der Waals surface area (Å²) in [6, 6.07) is 5.64. The summed E-state index contributed by atoms with van der Waals surface area (Å²) < 4.78 is 12.9. The van der Waals surface area contributed by atoms with Crippen molar-refractivity contribution in [3.05, 3.63) is 30.1 Å². The van der Waals surface area contributed by atoms with Crippen LogP contribution in [0.1, 0.15) is 20.3 Å². The van der Waals surface area contributed by atoms with E-state index < -0.39 is 17.0 Å². The maximum absolute atomic E-state index is 12.9. The SMILES string of the molecule is CC(C)C(SCCC(=O)Nc1cccc(F)c1)C(=O)O. The highest BCUT2D eigenvalue weighted by molar-refractivity contribution is 8.00. The van der Waals surface area contributed by atoms with Gasteiger partial charge in [0.2, 0.25) is 5.91 Å². The third kappa shape index (κ3) is 5.61. The zero-order valence-electron chi connectivity index (χ0n) is 11.4. The molecule has 2 N–H and O–H groups in total. The number of halogens is 1. The number of carboxylic acid groups (broad SMARTS) is 1.